The Labute approximate surface area is 115 Å². The first-order chi connectivity index (χ1) is 8.19. The molecule has 1 aliphatic heterocycles. The Balaban J connectivity index is 2.51. The van der Waals surface area contributed by atoms with Gasteiger partial charge in [0.05, 0.1) is 10.9 Å². The monoisotopic (exact) mass is 273 g/mol. The van der Waals surface area contributed by atoms with E-state index in [0.29, 0.717) is 6.54 Å². The van der Waals surface area contributed by atoms with Gasteiger partial charge in [-0.1, -0.05) is 27.7 Å². The summed E-state index contributed by atoms with van der Waals surface area (Å²) in [6, 6.07) is 0. The molecule has 0 radical (unpaired) electrons. The lowest BCUT2D eigenvalue weighted by Gasteiger charge is -2.34. The number of hydrogen-bond donors (Lipinski definition) is 2. The molecule has 0 aromatic rings. The van der Waals surface area contributed by atoms with E-state index in [1.807, 2.05) is 34.6 Å². The van der Waals surface area contributed by atoms with Crippen LogP contribution in [0.15, 0.2) is 0 Å². The van der Waals surface area contributed by atoms with E-state index in [4.69, 9.17) is 0 Å². The zero-order valence-electron chi connectivity index (χ0n) is 12.2. The molecule has 1 amide bonds. The second-order valence-electron chi connectivity index (χ2n) is 6.54. The summed E-state index contributed by atoms with van der Waals surface area (Å²) < 4.78 is -0.265. The molecule has 0 spiro atoms. The SMILES string of the molecule is CC(C)C(O)C(C)(C)CNC(=O)C1(C)CCCS1. The number of hydrogen-bond acceptors (Lipinski definition) is 3. The zero-order chi connectivity index (χ0) is 14.0. The summed E-state index contributed by atoms with van der Waals surface area (Å²) in [5, 5.41) is 13.2. The number of carbonyl (C=O) groups excluding carboxylic acids is 1. The third-order valence-electron chi connectivity index (χ3n) is 3.84. The summed E-state index contributed by atoms with van der Waals surface area (Å²) in [4.78, 5) is 12.2. The van der Waals surface area contributed by atoms with Crippen LogP contribution in [-0.2, 0) is 4.79 Å². The molecule has 4 heteroatoms. The van der Waals surface area contributed by atoms with Crippen LogP contribution < -0.4 is 5.32 Å². The van der Waals surface area contributed by atoms with Crippen LogP contribution >= 0.6 is 11.8 Å². The molecular weight excluding hydrogens is 246 g/mol. The Morgan fingerprint density at radius 3 is 2.56 bits per heavy atom. The van der Waals surface area contributed by atoms with Crippen LogP contribution in [0.3, 0.4) is 0 Å². The number of rotatable bonds is 5. The molecule has 2 atom stereocenters. The molecule has 0 aliphatic carbocycles. The van der Waals surface area contributed by atoms with Gasteiger partial charge in [0.25, 0.3) is 0 Å². The molecule has 1 heterocycles. The maximum Gasteiger partial charge on any atom is 0.235 e. The fourth-order valence-corrected chi connectivity index (χ4v) is 3.69. The average molecular weight is 273 g/mol. The third kappa shape index (κ3) is 3.64. The Hall–Kier alpha value is -0.220. The van der Waals surface area contributed by atoms with E-state index in [1.165, 1.54) is 0 Å². The van der Waals surface area contributed by atoms with Crippen molar-refractivity contribution >= 4 is 17.7 Å². The fourth-order valence-electron chi connectivity index (χ4n) is 2.46. The highest BCUT2D eigenvalue weighted by atomic mass is 32.2. The van der Waals surface area contributed by atoms with Crippen molar-refractivity contribution < 1.29 is 9.90 Å². The molecule has 1 saturated heterocycles. The standard InChI is InChI=1S/C14H27NO2S/c1-10(2)11(16)13(3,4)9-15-12(17)14(5)7-6-8-18-14/h10-11,16H,6-9H2,1-5H3,(H,15,17). The average Bonchev–Trinajstić information content (AvgIpc) is 2.73. The molecule has 18 heavy (non-hydrogen) atoms. The minimum absolute atomic E-state index is 0.119. The van der Waals surface area contributed by atoms with Crippen LogP contribution in [0, 0.1) is 11.3 Å². The second-order valence-corrected chi connectivity index (χ2v) is 8.14. The molecule has 2 unspecified atom stereocenters. The van der Waals surface area contributed by atoms with E-state index < -0.39 is 6.10 Å². The summed E-state index contributed by atoms with van der Waals surface area (Å²) in [5.41, 5.74) is -0.288. The van der Waals surface area contributed by atoms with Crippen LogP contribution in [-0.4, -0.2) is 34.2 Å². The van der Waals surface area contributed by atoms with Gasteiger partial charge in [-0.3, -0.25) is 4.79 Å². The van der Waals surface area contributed by atoms with E-state index in [-0.39, 0.29) is 22.0 Å². The first-order valence-corrected chi connectivity index (χ1v) is 7.78. The van der Waals surface area contributed by atoms with Crippen LogP contribution in [0.2, 0.25) is 0 Å². The molecule has 1 fully saturated rings. The zero-order valence-corrected chi connectivity index (χ0v) is 13.1. The molecule has 2 N–H and O–H groups in total. The molecule has 0 aromatic carbocycles. The van der Waals surface area contributed by atoms with E-state index in [1.54, 1.807) is 11.8 Å². The lowest BCUT2D eigenvalue weighted by Crippen LogP contribution is -2.48. The third-order valence-corrected chi connectivity index (χ3v) is 5.36. The largest absolute Gasteiger partial charge is 0.392 e. The van der Waals surface area contributed by atoms with Crippen molar-refractivity contribution in [1.82, 2.24) is 5.32 Å². The summed E-state index contributed by atoms with van der Waals surface area (Å²) >= 11 is 1.74. The first-order valence-electron chi connectivity index (χ1n) is 6.79. The number of carbonyl (C=O) groups is 1. The number of thioether (sulfide) groups is 1. The van der Waals surface area contributed by atoms with E-state index in [9.17, 15) is 9.90 Å². The van der Waals surface area contributed by atoms with Crippen molar-refractivity contribution in [3.8, 4) is 0 Å². The van der Waals surface area contributed by atoms with Gasteiger partial charge in [-0.2, -0.15) is 0 Å². The lowest BCUT2D eigenvalue weighted by molar-refractivity contribution is -0.124. The van der Waals surface area contributed by atoms with Gasteiger partial charge in [0.15, 0.2) is 0 Å². The van der Waals surface area contributed by atoms with Crippen molar-refractivity contribution in [1.29, 1.82) is 0 Å². The molecule has 0 bridgehead atoms. The molecule has 1 aliphatic rings. The van der Waals surface area contributed by atoms with Crippen molar-refractivity contribution in [3.63, 3.8) is 0 Å². The summed E-state index contributed by atoms with van der Waals surface area (Å²) in [7, 11) is 0. The highest BCUT2D eigenvalue weighted by Crippen LogP contribution is 2.38. The van der Waals surface area contributed by atoms with Crippen molar-refractivity contribution in [2.75, 3.05) is 12.3 Å². The Kier molecular flexibility index (Phi) is 5.13. The maximum atomic E-state index is 12.2. The van der Waals surface area contributed by atoms with Gasteiger partial charge in [0.1, 0.15) is 0 Å². The van der Waals surface area contributed by atoms with Crippen molar-refractivity contribution in [3.05, 3.63) is 0 Å². The molecule has 106 valence electrons. The quantitative estimate of drug-likeness (QED) is 0.809. The smallest absolute Gasteiger partial charge is 0.235 e. The summed E-state index contributed by atoms with van der Waals surface area (Å²) in [5.74, 6) is 1.39. The highest BCUT2D eigenvalue weighted by molar-refractivity contribution is 8.01. The number of nitrogens with one attached hydrogen (secondary N) is 1. The van der Waals surface area contributed by atoms with E-state index in [0.717, 1.165) is 18.6 Å². The molecule has 0 saturated carbocycles. The molecule has 0 aromatic heterocycles. The predicted molar refractivity (Wildman–Crippen MR) is 77.7 cm³/mol. The summed E-state index contributed by atoms with van der Waals surface area (Å²) in [6.45, 7) is 10.6. The highest BCUT2D eigenvalue weighted by Gasteiger charge is 2.38. The Morgan fingerprint density at radius 2 is 2.11 bits per heavy atom. The number of aliphatic hydroxyl groups is 1. The normalized spacial score (nSPS) is 26.4. The minimum atomic E-state index is -0.401. The molecular formula is C14H27NO2S. The van der Waals surface area contributed by atoms with Gasteiger partial charge in [-0.15, -0.1) is 11.8 Å². The lowest BCUT2D eigenvalue weighted by atomic mass is 9.80. The fraction of sp³-hybridized carbons (Fsp3) is 0.929. The number of aliphatic hydroxyl groups excluding tert-OH is 1. The summed E-state index contributed by atoms with van der Waals surface area (Å²) in [6.07, 6.45) is 1.67. The van der Waals surface area contributed by atoms with Crippen LogP contribution in [0.4, 0.5) is 0 Å². The molecule has 3 nitrogen and oxygen atoms in total. The predicted octanol–water partition coefficient (Wildman–Crippen LogP) is 2.43. The van der Waals surface area contributed by atoms with Gasteiger partial charge in [0, 0.05) is 12.0 Å². The van der Waals surface area contributed by atoms with E-state index >= 15 is 0 Å². The van der Waals surface area contributed by atoms with Gasteiger partial charge >= 0.3 is 0 Å². The van der Waals surface area contributed by atoms with Gasteiger partial charge < -0.3 is 10.4 Å². The number of amides is 1. The first kappa shape index (κ1) is 15.8. The van der Waals surface area contributed by atoms with Crippen molar-refractivity contribution in [2.24, 2.45) is 11.3 Å². The van der Waals surface area contributed by atoms with Crippen LogP contribution in [0.5, 0.6) is 0 Å². The van der Waals surface area contributed by atoms with Crippen LogP contribution in [0.1, 0.15) is 47.5 Å². The van der Waals surface area contributed by atoms with E-state index in [2.05, 4.69) is 5.32 Å². The van der Waals surface area contributed by atoms with Gasteiger partial charge in [-0.05, 0) is 31.4 Å². The second kappa shape index (κ2) is 5.83. The topological polar surface area (TPSA) is 49.3 Å². The van der Waals surface area contributed by atoms with Gasteiger partial charge in [-0.25, -0.2) is 0 Å². The maximum absolute atomic E-state index is 12.2. The molecule has 1 rings (SSSR count). The minimum Gasteiger partial charge on any atom is -0.392 e. The van der Waals surface area contributed by atoms with Crippen molar-refractivity contribution in [2.45, 2.75) is 58.3 Å². The Morgan fingerprint density at radius 1 is 1.50 bits per heavy atom. The van der Waals surface area contributed by atoms with Crippen LogP contribution in [0.25, 0.3) is 0 Å². The Bertz CT molecular complexity index is 296. The van der Waals surface area contributed by atoms with Gasteiger partial charge in [0.2, 0.25) is 5.91 Å².